The number of fused-ring (bicyclic) bond motifs is 3. The van der Waals surface area contributed by atoms with E-state index in [2.05, 4.69) is 38.6 Å². The molecule has 1 fully saturated rings. The fraction of sp³-hybridized carbons (Fsp3) is 0.171. The molecule has 0 bridgehead atoms. The van der Waals surface area contributed by atoms with Crippen molar-refractivity contribution in [3.05, 3.63) is 142 Å². The van der Waals surface area contributed by atoms with Crippen LogP contribution in [0.4, 0.5) is 5.69 Å². The Morgan fingerprint density at radius 3 is 2.12 bits per heavy atom. The van der Waals surface area contributed by atoms with Crippen molar-refractivity contribution < 1.29 is 14.0 Å². The average Bonchev–Trinajstić information content (AvgIpc) is 3.12. The summed E-state index contributed by atoms with van der Waals surface area (Å²) >= 11 is 0. The molecule has 1 aliphatic carbocycles. The lowest BCUT2D eigenvalue weighted by molar-refractivity contribution is 0.0939. The minimum atomic E-state index is -0.419. The maximum absolute atomic E-state index is 13.0. The summed E-state index contributed by atoms with van der Waals surface area (Å²) in [4.78, 5) is 50.2. The number of carbonyl (C=O) groups is 2. The predicted molar refractivity (Wildman–Crippen MR) is 196 cm³/mol. The van der Waals surface area contributed by atoms with Gasteiger partial charge in [0.05, 0.1) is 16.8 Å². The van der Waals surface area contributed by atoms with Crippen LogP contribution in [-0.4, -0.2) is 33.3 Å². The van der Waals surface area contributed by atoms with E-state index >= 15 is 0 Å². The second kappa shape index (κ2) is 14.1. The Morgan fingerprint density at radius 1 is 0.720 bits per heavy atom. The monoisotopic (exact) mass is 661 g/mol. The van der Waals surface area contributed by atoms with Crippen LogP contribution in [0, 0.1) is 19.8 Å². The third kappa shape index (κ3) is 6.58. The van der Waals surface area contributed by atoms with Gasteiger partial charge in [0.2, 0.25) is 5.89 Å². The highest BCUT2D eigenvalue weighted by Gasteiger charge is 2.21. The number of hydrogen-bond donors (Lipinski definition) is 2. The molecule has 0 radical (unpaired) electrons. The maximum Gasteiger partial charge on any atom is 0.348 e. The number of rotatable bonds is 6. The van der Waals surface area contributed by atoms with Crippen molar-refractivity contribution in [1.82, 2.24) is 20.3 Å². The number of nitrogens with zero attached hydrogens (tertiary/aromatic N) is 3. The van der Waals surface area contributed by atoms with Crippen LogP contribution in [0.3, 0.4) is 0 Å². The Hall–Kier alpha value is -6.22. The first-order valence-electron chi connectivity index (χ1n) is 16.6. The summed E-state index contributed by atoms with van der Waals surface area (Å²) in [5.74, 6) is 0.456. The van der Waals surface area contributed by atoms with Crippen LogP contribution in [0.25, 0.3) is 43.9 Å². The molecule has 7 aromatic rings. The molecule has 9 nitrogen and oxygen atoms in total. The summed E-state index contributed by atoms with van der Waals surface area (Å²) in [6, 6.07) is 26.9. The first-order valence-corrected chi connectivity index (χ1v) is 16.6. The Morgan fingerprint density at radius 2 is 1.38 bits per heavy atom. The van der Waals surface area contributed by atoms with Crippen LogP contribution in [0.2, 0.25) is 0 Å². The zero-order valence-corrected chi connectivity index (χ0v) is 27.8. The van der Waals surface area contributed by atoms with Crippen molar-refractivity contribution in [1.29, 1.82) is 0 Å². The fourth-order valence-electron chi connectivity index (χ4n) is 6.22. The molecular formula is C41H35N5O4. The Balaban J connectivity index is 0.000000161. The lowest BCUT2D eigenvalue weighted by Crippen LogP contribution is -2.32. The Bertz CT molecular complexity index is 2450. The van der Waals surface area contributed by atoms with Gasteiger partial charge in [0.1, 0.15) is 5.39 Å². The van der Waals surface area contributed by atoms with Crippen molar-refractivity contribution >= 4 is 49.9 Å². The van der Waals surface area contributed by atoms with Crippen LogP contribution >= 0.6 is 0 Å². The molecule has 3 heterocycles. The number of aromatic nitrogens is 3. The standard InChI is InChI=1S/C23H23N3O2.C18H12N2O2/c1-15-9-10-19(18-8-3-2-7-17(15)18)23(28)26-21-11-12-24-14-20(21)22(27)25-13-16-5-4-6-16;1-11-6-7-14(13-5-3-2-4-12(11)13)17-20-16-8-9-19-10-15(16)18(21)22-17/h2-3,7-12,14,16H,4-6,13H2,1H3,(H,25,27)(H,24,26,28);2-10H,1H3. The number of anilines is 1. The molecule has 1 aliphatic rings. The first-order chi connectivity index (χ1) is 24.4. The molecule has 9 heteroatoms. The summed E-state index contributed by atoms with van der Waals surface area (Å²) in [6.07, 6.45) is 9.73. The molecule has 1 saturated carbocycles. The first kappa shape index (κ1) is 32.3. The van der Waals surface area contributed by atoms with E-state index in [1.165, 1.54) is 24.4 Å². The quantitative estimate of drug-likeness (QED) is 0.185. The van der Waals surface area contributed by atoms with Gasteiger partial charge in [-0.15, -0.1) is 0 Å². The molecule has 3 aromatic heterocycles. The molecule has 2 N–H and O–H groups in total. The van der Waals surface area contributed by atoms with Crippen molar-refractivity contribution in [3.8, 4) is 11.5 Å². The van der Waals surface area contributed by atoms with E-state index in [0.29, 0.717) is 46.1 Å². The third-order valence-electron chi connectivity index (χ3n) is 9.28. The number of carbonyl (C=O) groups excluding carboxylic acids is 2. The second-order valence-electron chi connectivity index (χ2n) is 12.5. The van der Waals surface area contributed by atoms with Crippen LogP contribution in [-0.2, 0) is 0 Å². The minimum absolute atomic E-state index is 0.205. The molecule has 248 valence electrons. The van der Waals surface area contributed by atoms with E-state index in [1.54, 1.807) is 24.5 Å². The summed E-state index contributed by atoms with van der Waals surface area (Å²) in [6.45, 7) is 4.75. The van der Waals surface area contributed by atoms with Crippen LogP contribution in [0.1, 0.15) is 51.1 Å². The molecule has 0 unspecified atom stereocenters. The number of nitrogens with one attached hydrogen (secondary N) is 2. The normalized spacial score (nSPS) is 12.6. The summed E-state index contributed by atoms with van der Waals surface area (Å²) in [5.41, 5.74) is 4.71. The highest BCUT2D eigenvalue weighted by Crippen LogP contribution is 2.30. The number of benzene rings is 4. The fourth-order valence-corrected chi connectivity index (χ4v) is 6.22. The zero-order valence-electron chi connectivity index (χ0n) is 27.8. The minimum Gasteiger partial charge on any atom is -0.403 e. The third-order valence-corrected chi connectivity index (χ3v) is 9.28. The molecule has 4 aromatic carbocycles. The second-order valence-corrected chi connectivity index (χ2v) is 12.5. The molecular weight excluding hydrogens is 626 g/mol. The van der Waals surface area contributed by atoms with Gasteiger partial charge < -0.3 is 15.1 Å². The van der Waals surface area contributed by atoms with E-state index in [-0.39, 0.29) is 11.8 Å². The van der Waals surface area contributed by atoms with Crippen LogP contribution in [0.15, 0.2) is 119 Å². The molecule has 0 aliphatic heterocycles. The maximum atomic E-state index is 13.0. The zero-order chi connectivity index (χ0) is 34.6. The topological polar surface area (TPSA) is 127 Å². The van der Waals surface area contributed by atoms with Crippen LogP contribution < -0.4 is 16.3 Å². The number of aryl methyl sites for hydroxylation is 2. The predicted octanol–water partition coefficient (Wildman–Crippen LogP) is 8.04. The van der Waals surface area contributed by atoms with E-state index < -0.39 is 5.63 Å². The average molecular weight is 662 g/mol. The van der Waals surface area contributed by atoms with Crippen LogP contribution in [0.5, 0.6) is 0 Å². The number of hydrogen-bond acceptors (Lipinski definition) is 7. The van der Waals surface area contributed by atoms with Crippen molar-refractivity contribution in [2.24, 2.45) is 5.92 Å². The smallest absolute Gasteiger partial charge is 0.348 e. The van der Waals surface area contributed by atoms with Gasteiger partial charge in [-0.05, 0) is 89.5 Å². The Labute approximate surface area is 288 Å². The van der Waals surface area contributed by atoms with E-state index in [1.807, 2.05) is 73.7 Å². The lowest BCUT2D eigenvalue weighted by Gasteiger charge is -2.25. The van der Waals surface area contributed by atoms with Gasteiger partial charge in [0.15, 0.2) is 0 Å². The van der Waals surface area contributed by atoms with Gasteiger partial charge in [-0.25, -0.2) is 9.78 Å². The highest BCUT2D eigenvalue weighted by atomic mass is 16.4. The van der Waals surface area contributed by atoms with Crippen molar-refractivity contribution in [2.75, 3.05) is 11.9 Å². The van der Waals surface area contributed by atoms with Gasteiger partial charge >= 0.3 is 5.63 Å². The molecule has 0 saturated heterocycles. The molecule has 50 heavy (non-hydrogen) atoms. The number of amides is 2. The van der Waals surface area contributed by atoms with Gasteiger partial charge in [0.25, 0.3) is 11.8 Å². The largest absolute Gasteiger partial charge is 0.403 e. The van der Waals surface area contributed by atoms with Crippen molar-refractivity contribution in [3.63, 3.8) is 0 Å². The van der Waals surface area contributed by atoms with Crippen molar-refractivity contribution in [2.45, 2.75) is 33.1 Å². The van der Waals surface area contributed by atoms with E-state index in [0.717, 1.165) is 45.5 Å². The molecule has 0 spiro atoms. The summed E-state index contributed by atoms with van der Waals surface area (Å²) in [7, 11) is 0. The van der Waals surface area contributed by atoms with Gasteiger partial charge in [-0.3, -0.25) is 19.6 Å². The van der Waals surface area contributed by atoms with Gasteiger partial charge in [-0.1, -0.05) is 67.1 Å². The molecule has 2 amide bonds. The lowest BCUT2D eigenvalue weighted by atomic mass is 9.85. The SMILES string of the molecule is Cc1ccc(-c2nc3ccncc3c(=O)o2)c2ccccc12.Cc1ccc(C(=O)Nc2ccncc2C(=O)NCC2CCC2)c2ccccc12. The van der Waals surface area contributed by atoms with E-state index in [9.17, 15) is 14.4 Å². The number of pyridine rings is 2. The highest BCUT2D eigenvalue weighted by molar-refractivity contribution is 6.15. The van der Waals surface area contributed by atoms with Gasteiger partial charge in [-0.2, -0.15) is 0 Å². The van der Waals surface area contributed by atoms with Gasteiger partial charge in [0, 0.05) is 42.5 Å². The van der Waals surface area contributed by atoms with E-state index in [4.69, 9.17) is 4.42 Å². The summed E-state index contributed by atoms with van der Waals surface area (Å²) in [5, 5.41) is 10.3. The molecule has 8 rings (SSSR count). The summed E-state index contributed by atoms with van der Waals surface area (Å²) < 4.78 is 5.42. The molecule has 0 atom stereocenters. The Kier molecular flexibility index (Phi) is 9.12.